The molecule has 13 heavy (non-hydrogen) atoms. The Morgan fingerprint density at radius 2 is 2.31 bits per heavy atom. The van der Waals surface area contributed by atoms with Crippen LogP contribution in [0.25, 0.3) is 0 Å². The fraction of sp³-hybridized carbons (Fsp3) is 0.545. The van der Waals surface area contributed by atoms with Gasteiger partial charge in [0.15, 0.2) is 0 Å². The zero-order valence-corrected chi connectivity index (χ0v) is 8.46. The van der Waals surface area contributed by atoms with Crippen LogP contribution in [0.3, 0.4) is 0 Å². The predicted octanol–water partition coefficient (Wildman–Crippen LogP) is 1.87. The van der Waals surface area contributed by atoms with Crippen molar-refractivity contribution in [3.63, 3.8) is 0 Å². The maximum Gasteiger partial charge on any atom is 0.0406 e. The van der Waals surface area contributed by atoms with Crippen molar-refractivity contribution >= 4 is 0 Å². The highest BCUT2D eigenvalue weighted by atomic mass is 14.8. The monoisotopic (exact) mass is 178 g/mol. The molecular formula is C11H18N2. The van der Waals surface area contributed by atoms with Gasteiger partial charge < -0.3 is 5.32 Å². The molecule has 1 atom stereocenters. The molecule has 1 unspecified atom stereocenters. The van der Waals surface area contributed by atoms with Gasteiger partial charge in [0.1, 0.15) is 0 Å². The van der Waals surface area contributed by atoms with Gasteiger partial charge in [-0.3, -0.25) is 4.98 Å². The van der Waals surface area contributed by atoms with E-state index in [1.165, 1.54) is 12.1 Å². The second-order valence-electron chi connectivity index (χ2n) is 3.36. The Balaban J connectivity index is 2.46. The molecule has 0 saturated carbocycles. The number of nitrogens with zero attached hydrogens (tertiary/aromatic N) is 1. The molecule has 1 N–H and O–H groups in total. The average molecular weight is 178 g/mol. The fourth-order valence-electron chi connectivity index (χ4n) is 1.46. The first-order valence-electron chi connectivity index (χ1n) is 4.91. The number of nitrogens with one attached hydrogen (secondary N) is 1. The summed E-state index contributed by atoms with van der Waals surface area (Å²) >= 11 is 0. The summed E-state index contributed by atoms with van der Waals surface area (Å²) in [4.78, 5) is 4.32. The van der Waals surface area contributed by atoms with E-state index in [1.807, 2.05) is 19.3 Å². The smallest absolute Gasteiger partial charge is 0.0406 e. The molecule has 1 heterocycles. The molecule has 72 valence electrons. The molecule has 0 aliphatic heterocycles. The Morgan fingerprint density at radius 1 is 1.46 bits per heavy atom. The van der Waals surface area contributed by atoms with Gasteiger partial charge in [0.2, 0.25) is 0 Å². The van der Waals surface area contributed by atoms with Gasteiger partial charge in [-0.1, -0.05) is 19.4 Å². The molecule has 0 aromatic carbocycles. The molecule has 2 heteroatoms. The van der Waals surface area contributed by atoms with Gasteiger partial charge in [-0.05, 0) is 38.1 Å². The second kappa shape index (κ2) is 5.70. The summed E-state index contributed by atoms with van der Waals surface area (Å²) in [6.45, 7) is 3.30. The highest BCUT2D eigenvalue weighted by Crippen LogP contribution is 2.08. The molecule has 0 bridgehead atoms. The van der Waals surface area contributed by atoms with E-state index in [0.717, 1.165) is 13.0 Å². The van der Waals surface area contributed by atoms with Crippen molar-refractivity contribution in [2.24, 2.45) is 5.92 Å². The summed E-state index contributed by atoms with van der Waals surface area (Å²) in [6.07, 6.45) is 4.15. The number of rotatable bonds is 5. The molecule has 0 radical (unpaired) electrons. The van der Waals surface area contributed by atoms with Crippen LogP contribution >= 0.6 is 0 Å². The van der Waals surface area contributed by atoms with Crippen molar-refractivity contribution in [2.45, 2.75) is 19.8 Å². The highest BCUT2D eigenvalue weighted by Gasteiger charge is 2.06. The van der Waals surface area contributed by atoms with E-state index in [2.05, 4.69) is 29.4 Å². The van der Waals surface area contributed by atoms with Crippen LogP contribution in [-0.4, -0.2) is 18.6 Å². The van der Waals surface area contributed by atoms with Crippen LogP contribution in [0, 0.1) is 5.92 Å². The minimum Gasteiger partial charge on any atom is -0.319 e. The third kappa shape index (κ3) is 3.55. The minimum atomic E-state index is 0.708. The standard InChI is InChI=1S/C11H18N2/c1-3-10(9-12-2)8-11-6-4-5-7-13-11/h4-7,10,12H,3,8-9H2,1-2H3. The zero-order valence-electron chi connectivity index (χ0n) is 8.46. The normalized spacial score (nSPS) is 12.8. The lowest BCUT2D eigenvalue weighted by molar-refractivity contribution is 0.476. The fourth-order valence-corrected chi connectivity index (χ4v) is 1.46. The van der Waals surface area contributed by atoms with Gasteiger partial charge >= 0.3 is 0 Å². The van der Waals surface area contributed by atoms with Gasteiger partial charge in [-0.15, -0.1) is 0 Å². The molecule has 0 amide bonds. The van der Waals surface area contributed by atoms with E-state index < -0.39 is 0 Å². The first-order valence-corrected chi connectivity index (χ1v) is 4.91. The molecule has 2 nitrogen and oxygen atoms in total. The van der Waals surface area contributed by atoms with Gasteiger partial charge in [-0.25, -0.2) is 0 Å². The van der Waals surface area contributed by atoms with Crippen molar-refractivity contribution in [1.29, 1.82) is 0 Å². The number of hydrogen-bond acceptors (Lipinski definition) is 2. The molecule has 0 aliphatic carbocycles. The number of aromatic nitrogens is 1. The maximum absolute atomic E-state index is 4.32. The summed E-state index contributed by atoms with van der Waals surface area (Å²) in [6, 6.07) is 6.11. The lowest BCUT2D eigenvalue weighted by Crippen LogP contribution is -2.20. The van der Waals surface area contributed by atoms with Crippen molar-refractivity contribution in [1.82, 2.24) is 10.3 Å². The van der Waals surface area contributed by atoms with E-state index in [4.69, 9.17) is 0 Å². The van der Waals surface area contributed by atoms with Crippen LogP contribution in [-0.2, 0) is 6.42 Å². The van der Waals surface area contributed by atoms with Crippen LogP contribution < -0.4 is 5.32 Å². The van der Waals surface area contributed by atoms with Crippen molar-refractivity contribution in [3.05, 3.63) is 30.1 Å². The van der Waals surface area contributed by atoms with Crippen molar-refractivity contribution < 1.29 is 0 Å². The average Bonchev–Trinajstić information content (AvgIpc) is 2.19. The van der Waals surface area contributed by atoms with Crippen molar-refractivity contribution in [2.75, 3.05) is 13.6 Å². The maximum atomic E-state index is 4.32. The van der Waals surface area contributed by atoms with Crippen LogP contribution in [0.1, 0.15) is 19.0 Å². The van der Waals surface area contributed by atoms with Gasteiger partial charge in [0.25, 0.3) is 0 Å². The SMILES string of the molecule is CCC(CNC)Cc1ccccn1. The van der Waals surface area contributed by atoms with Crippen LogP contribution in [0.2, 0.25) is 0 Å². The molecule has 1 rings (SSSR count). The Kier molecular flexibility index (Phi) is 4.47. The van der Waals surface area contributed by atoms with E-state index in [0.29, 0.717) is 5.92 Å². The third-order valence-electron chi connectivity index (χ3n) is 2.29. The summed E-state index contributed by atoms with van der Waals surface area (Å²) in [7, 11) is 2.00. The Bertz CT molecular complexity index is 221. The lowest BCUT2D eigenvalue weighted by Gasteiger charge is -2.12. The largest absolute Gasteiger partial charge is 0.319 e. The van der Waals surface area contributed by atoms with Crippen LogP contribution in [0.5, 0.6) is 0 Å². The minimum absolute atomic E-state index is 0.708. The molecule has 0 fully saturated rings. The van der Waals surface area contributed by atoms with E-state index in [1.54, 1.807) is 0 Å². The van der Waals surface area contributed by atoms with Crippen molar-refractivity contribution in [3.8, 4) is 0 Å². The Hall–Kier alpha value is -0.890. The van der Waals surface area contributed by atoms with E-state index in [9.17, 15) is 0 Å². The summed E-state index contributed by atoms with van der Waals surface area (Å²) in [5, 5.41) is 3.21. The number of hydrogen-bond donors (Lipinski definition) is 1. The molecule has 0 spiro atoms. The predicted molar refractivity (Wildman–Crippen MR) is 55.6 cm³/mol. The van der Waals surface area contributed by atoms with Gasteiger partial charge in [0.05, 0.1) is 0 Å². The molecular weight excluding hydrogens is 160 g/mol. The van der Waals surface area contributed by atoms with E-state index >= 15 is 0 Å². The first kappa shape index (κ1) is 10.2. The molecule has 1 aromatic rings. The summed E-state index contributed by atoms with van der Waals surface area (Å²) in [5.41, 5.74) is 1.20. The molecule has 0 saturated heterocycles. The summed E-state index contributed by atoms with van der Waals surface area (Å²) < 4.78 is 0. The Morgan fingerprint density at radius 3 is 2.85 bits per heavy atom. The highest BCUT2D eigenvalue weighted by molar-refractivity contribution is 5.04. The molecule has 1 aromatic heterocycles. The lowest BCUT2D eigenvalue weighted by atomic mass is 10.00. The quantitative estimate of drug-likeness (QED) is 0.744. The third-order valence-corrected chi connectivity index (χ3v) is 2.29. The van der Waals surface area contributed by atoms with Gasteiger partial charge in [-0.2, -0.15) is 0 Å². The first-order chi connectivity index (χ1) is 6.36. The topological polar surface area (TPSA) is 24.9 Å². The zero-order chi connectivity index (χ0) is 9.52. The Labute approximate surface area is 80.4 Å². The van der Waals surface area contributed by atoms with Crippen LogP contribution in [0.4, 0.5) is 0 Å². The second-order valence-corrected chi connectivity index (χ2v) is 3.36. The number of pyridine rings is 1. The van der Waals surface area contributed by atoms with Gasteiger partial charge in [0, 0.05) is 11.9 Å². The van der Waals surface area contributed by atoms with E-state index in [-0.39, 0.29) is 0 Å². The molecule has 0 aliphatic rings. The summed E-state index contributed by atoms with van der Waals surface area (Å²) in [5.74, 6) is 0.708. The van der Waals surface area contributed by atoms with Crippen LogP contribution in [0.15, 0.2) is 24.4 Å².